The van der Waals surface area contributed by atoms with Gasteiger partial charge in [-0.2, -0.15) is 13.2 Å². The number of hydrogen-bond acceptors (Lipinski definition) is 3. The minimum absolute atomic E-state index is 0.540. The normalized spacial score (nSPS) is 11.5. The van der Waals surface area contributed by atoms with Crippen molar-refractivity contribution in [2.24, 2.45) is 0 Å². The summed E-state index contributed by atoms with van der Waals surface area (Å²) in [5, 5.41) is 3.91. The SMILES string of the molecule is COc1ccc2nc(Nc3ccc(C(F)(F)F)cc3)ccc2c1. The molecule has 0 aliphatic heterocycles. The average molecular weight is 318 g/mol. The molecule has 3 nitrogen and oxygen atoms in total. The molecule has 0 saturated carbocycles. The summed E-state index contributed by atoms with van der Waals surface area (Å²) in [6, 6.07) is 14.0. The molecule has 0 spiro atoms. The number of aromatic nitrogens is 1. The molecule has 23 heavy (non-hydrogen) atoms. The number of rotatable bonds is 3. The van der Waals surface area contributed by atoms with Crippen LogP contribution in [0.2, 0.25) is 0 Å². The van der Waals surface area contributed by atoms with Crippen LogP contribution < -0.4 is 10.1 Å². The van der Waals surface area contributed by atoms with E-state index in [0.29, 0.717) is 11.5 Å². The van der Waals surface area contributed by atoms with Gasteiger partial charge in [0, 0.05) is 11.1 Å². The molecule has 0 aliphatic carbocycles. The fourth-order valence-electron chi connectivity index (χ4n) is 2.19. The molecule has 1 N–H and O–H groups in total. The van der Waals surface area contributed by atoms with E-state index in [1.54, 1.807) is 19.2 Å². The van der Waals surface area contributed by atoms with Gasteiger partial charge in [0.1, 0.15) is 11.6 Å². The lowest BCUT2D eigenvalue weighted by atomic mass is 10.2. The van der Waals surface area contributed by atoms with Gasteiger partial charge in [0.2, 0.25) is 0 Å². The van der Waals surface area contributed by atoms with Crippen LogP contribution in [0.15, 0.2) is 54.6 Å². The molecule has 0 unspecified atom stereocenters. The molecule has 0 amide bonds. The topological polar surface area (TPSA) is 34.1 Å². The zero-order chi connectivity index (χ0) is 16.4. The number of nitrogens with one attached hydrogen (secondary N) is 1. The molecule has 0 aliphatic rings. The van der Waals surface area contributed by atoms with E-state index in [9.17, 15) is 13.2 Å². The smallest absolute Gasteiger partial charge is 0.416 e. The third kappa shape index (κ3) is 3.36. The largest absolute Gasteiger partial charge is 0.497 e. The van der Waals surface area contributed by atoms with Crippen molar-refractivity contribution < 1.29 is 17.9 Å². The second kappa shape index (κ2) is 5.79. The maximum atomic E-state index is 12.5. The van der Waals surface area contributed by atoms with Gasteiger partial charge in [-0.3, -0.25) is 0 Å². The number of hydrogen-bond donors (Lipinski definition) is 1. The first-order valence-electron chi connectivity index (χ1n) is 6.85. The van der Waals surface area contributed by atoms with Crippen molar-refractivity contribution >= 4 is 22.4 Å². The van der Waals surface area contributed by atoms with Gasteiger partial charge < -0.3 is 10.1 Å². The molecule has 1 heterocycles. The van der Waals surface area contributed by atoms with E-state index in [0.717, 1.165) is 28.8 Å². The predicted molar refractivity (Wildman–Crippen MR) is 83.0 cm³/mol. The molecule has 3 aromatic rings. The summed E-state index contributed by atoms with van der Waals surface area (Å²) < 4.78 is 42.8. The molecule has 0 saturated heterocycles. The minimum Gasteiger partial charge on any atom is -0.497 e. The molecule has 2 aromatic carbocycles. The second-order valence-electron chi connectivity index (χ2n) is 4.96. The number of fused-ring (bicyclic) bond motifs is 1. The molecular formula is C17H13F3N2O. The molecule has 1 aromatic heterocycles. The van der Waals surface area contributed by atoms with Gasteiger partial charge in [0.25, 0.3) is 0 Å². The van der Waals surface area contributed by atoms with E-state index in [1.807, 2.05) is 18.2 Å². The average Bonchev–Trinajstić information content (AvgIpc) is 2.54. The number of anilines is 2. The van der Waals surface area contributed by atoms with E-state index in [2.05, 4.69) is 10.3 Å². The third-order valence-electron chi connectivity index (χ3n) is 3.38. The summed E-state index contributed by atoms with van der Waals surface area (Å²) in [5.74, 6) is 1.30. The fraction of sp³-hybridized carbons (Fsp3) is 0.118. The van der Waals surface area contributed by atoms with Gasteiger partial charge in [-0.1, -0.05) is 0 Å². The minimum atomic E-state index is -4.33. The first-order chi connectivity index (χ1) is 11.0. The van der Waals surface area contributed by atoms with E-state index < -0.39 is 11.7 Å². The Bertz CT molecular complexity index is 829. The van der Waals surface area contributed by atoms with E-state index in [-0.39, 0.29) is 0 Å². The number of nitrogens with zero attached hydrogens (tertiary/aromatic N) is 1. The Morgan fingerprint density at radius 3 is 2.35 bits per heavy atom. The van der Waals surface area contributed by atoms with E-state index in [1.165, 1.54) is 12.1 Å². The Morgan fingerprint density at radius 2 is 1.70 bits per heavy atom. The third-order valence-corrected chi connectivity index (χ3v) is 3.38. The van der Waals surface area contributed by atoms with Gasteiger partial charge in [-0.15, -0.1) is 0 Å². The summed E-state index contributed by atoms with van der Waals surface area (Å²) in [5.41, 5.74) is 0.627. The summed E-state index contributed by atoms with van der Waals surface area (Å²) in [7, 11) is 1.59. The zero-order valence-corrected chi connectivity index (χ0v) is 12.2. The molecule has 0 radical (unpaired) electrons. The van der Waals surface area contributed by atoms with Crippen LogP contribution in [0.25, 0.3) is 10.9 Å². The number of benzene rings is 2. The van der Waals surface area contributed by atoms with Gasteiger partial charge >= 0.3 is 6.18 Å². The highest BCUT2D eigenvalue weighted by Crippen LogP contribution is 2.30. The van der Waals surface area contributed by atoms with Crippen LogP contribution >= 0.6 is 0 Å². The Balaban J connectivity index is 1.83. The lowest BCUT2D eigenvalue weighted by Crippen LogP contribution is -2.04. The molecule has 0 fully saturated rings. The van der Waals surface area contributed by atoms with Crippen LogP contribution in [0.4, 0.5) is 24.7 Å². The number of halogens is 3. The lowest BCUT2D eigenvalue weighted by Gasteiger charge is -2.10. The Morgan fingerprint density at radius 1 is 0.957 bits per heavy atom. The van der Waals surface area contributed by atoms with Gasteiger partial charge in [-0.05, 0) is 54.6 Å². The number of methoxy groups -OCH3 is 1. The van der Waals surface area contributed by atoms with Gasteiger partial charge in [-0.25, -0.2) is 4.98 Å². The highest BCUT2D eigenvalue weighted by Gasteiger charge is 2.29. The van der Waals surface area contributed by atoms with Crippen LogP contribution in [0.5, 0.6) is 5.75 Å². The fourth-order valence-corrected chi connectivity index (χ4v) is 2.19. The van der Waals surface area contributed by atoms with Crippen LogP contribution in [-0.2, 0) is 6.18 Å². The van der Waals surface area contributed by atoms with Crippen LogP contribution in [-0.4, -0.2) is 12.1 Å². The molecular weight excluding hydrogens is 305 g/mol. The molecule has 3 rings (SSSR count). The van der Waals surface area contributed by atoms with Crippen molar-refractivity contribution in [3.8, 4) is 5.75 Å². The second-order valence-corrected chi connectivity index (χ2v) is 4.96. The number of pyridine rings is 1. The Kier molecular flexibility index (Phi) is 3.82. The van der Waals surface area contributed by atoms with E-state index in [4.69, 9.17) is 4.74 Å². The Hall–Kier alpha value is -2.76. The highest BCUT2D eigenvalue weighted by atomic mass is 19.4. The van der Waals surface area contributed by atoms with Crippen LogP contribution in [0.3, 0.4) is 0 Å². The van der Waals surface area contributed by atoms with Crippen LogP contribution in [0.1, 0.15) is 5.56 Å². The van der Waals surface area contributed by atoms with Crippen molar-refractivity contribution in [2.45, 2.75) is 6.18 Å². The summed E-state index contributed by atoms with van der Waals surface area (Å²) in [6.07, 6.45) is -4.33. The zero-order valence-electron chi connectivity index (χ0n) is 12.2. The first kappa shape index (κ1) is 15.1. The van der Waals surface area contributed by atoms with Crippen molar-refractivity contribution in [1.29, 1.82) is 0 Å². The maximum Gasteiger partial charge on any atom is 0.416 e. The summed E-state index contributed by atoms with van der Waals surface area (Å²) >= 11 is 0. The first-order valence-corrected chi connectivity index (χ1v) is 6.85. The number of alkyl halides is 3. The molecule has 118 valence electrons. The monoisotopic (exact) mass is 318 g/mol. The maximum absolute atomic E-state index is 12.5. The quantitative estimate of drug-likeness (QED) is 0.737. The molecule has 6 heteroatoms. The Labute approximate surface area is 130 Å². The number of ether oxygens (including phenoxy) is 1. The van der Waals surface area contributed by atoms with Crippen LogP contribution in [0, 0.1) is 0 Å². The molecule has 0 atom stereocenters. The van der Waals surface area contributed by atoms with Crippen molar-refractivity contribution in [3.05, 3.63) is 60.2 Å². The summed E-state index contributed by atoms with van der Waals surface area (Å²) in [4.78, 5) is 4.43. The highest BCUT2D eigenvalue weighted by molar-refractivity contribution is 5.82. The van der Waals surface area contributed by atoms with E-state index >= 15 is 0 Å². The van der Waals surface area contributed by atoms with Crippen molar-refractivity contribution in [3.63, 3.8) is 0 Å². The standard InChI is InChI=1S/C17H13F3N2O/c1-23-14-7-8-15-11(10-14)2-9-16(22-15)21-13-5-3-12(4-6-13)17(18,19)20/h2-10H,1H3,(H,21,22). The van der Waals surface area contributed by atoms with Gasteiger partial charge in [0.05, 0.1) is 18.2 Å². The van der Waals surface area contributed by atoms with Crippen molar-refractivity contribution in [2.75, 3.05) is 12.4 Å². The van der Waals surface area contributed by atoms with Gasteiger partial charge in [0.15, 0.2) is 0 Å². The lowest BCUT2D eigenvalue weighted by molar-refractivity contribution is -0.137. The predicted octanol–water partition coefficient (Wildman–Crippen LogP) is 5.01. The van der Waals surface area contributed by atoms with Crippen molar-refractivity contribution in [1.82, 2.24) is 4.98 Å². The molecule has 0 bridgehead atoms. The summed E-state index contributed by atoms with van der Waals surface area (Å²) in [6.45, 7) is 0.